The summed E-state index contributed by atoms with van der Waals surface area (Å²) in [6.07, 6.45) is 5.70. The molecule has 108 valence electrons. The van der Waals surface area contributed by atoms with E-state index in [9.17, 15) is 4.79 Å². The monoisotopic (exact) mass is 337 g/mol. The molecule has 0 saturated heterocycles. The third kappa shape index (κ3) is 2.71. The Labute approximate surface area is 128 Å². The van der Waals surface area contributed by atoms with Gasteiger partial charge in [-0.25, -0.2) is 0 Å². The lowest BCUT2D eigenvalue weighted by Crippen LogP contribution is -2.40. The van der Waals surface area contributed by atoms with Crippen LogP contribution in [0.4, 0.5) is 0 Å². The molecule has 1 amide bonds. The van der Waals surface area contributed by atoms with E-state index in [2.05, 4.69) is 20.8 Å². The van der Waals surface area contributed by atoms with Crippen molar-refractivity contribution in [1.29, 1.82) is 0 Å². The maximum atomic E-state index is 12.8. The number of ether oxygens (including phenoxy) is 1. The summed E-state index contributed by atoms with van der Waals surface area (Å²) in [4.78, 5) is 14.8. The van der Waals surface area contributed by atoms with Crippen LogP contribution in [0.5, 0.6) is 5.75 Å². The maximum Gasteiger partial charge on any atom is 0.254 e. The van der Waals surface area contributed by atoms with Crippen LogP contribution < -0.4 is 4.74 Å². The van der Waals surface area contributed by atoms with E-state index in [-0.39, 0.29) is 5.91 Å². The van der Waals surface area contributed by atoms with Crippen LogP contribution in [-0.2, 0) is 6.42 Å². The van der Waals surface area contributed by atoms with Crippen LogP contribution in [0.3, 0.4) is 0 Å². The zero-order valence-electron chi connectivity index (χ0n) is 11.6. The molecule has 20 heavy (non-hydrogen) atoms. The van der Waals surface area contributed by atoms with Gasteiger partial charge in [-0.2, -0.15) is 0 Å². The van der Waals surface area contributed by atoms with E-state index in [1.807, 2.05) is 18.2 Å². The highest BCUT2D eigenvalue weighted by atomic mass is 79.9. The zero-order chi connectivity index (χ0) is 13.9. The zero-order valence-corrected chi connectivity index (χ0v) is 13.2. The Morgan fingerprint density at radius 1 is 1.35 bits per heavy atom. The van der Waals surface area contributed by atoms with Gasteiger partial charge in [0.2, 0.25) is 0 Å². The molecule has 1 aromatic carbocycles. The number of fused-ring (bicyclic) bond motifs is 1. The highest BCUT2D eigenvalue weighted by molar-refractivity contribution is 9.09. The van der Waals surface area contributed by atoms with Crippen molar-refractivity contribution in [2.24, 2.45) is 0 Å². The Hall–Kier alpha value is -1.03. The summed E-state index contributed by atoms with van der Waals surface area (Å²) in [5.41, 5.74) is 1.98. The Bertz CT molecular complexity index is 497. The SMILES string of the molecule is O=C(c1ccc2c(c1)CCO2)N(CCBr)C1CCCC1. The van der Waals surface area contributed by atoms with Crippen molar-refractivity contribution in [3.05, 3.63) is 29.3 Å². The quantitative estimate of drug-likeness (QED) is 0.788. The predicted octanol–water partition coefficient (Wildman–Crippen LogP) is 3.40. The van der Waals surface area contributed by atoms with Crippen LogP contribution in [0.25, 0.3) is 0 Å². The number of amides is 1. The average Bonchev–Trinajstić information content (AvgIpc) is 3.13. The summed E-state index contributed by atoms with van der Waals surface area (Å²) in [6.45, 7) is 1.53. The molecule has 4 heteroatoms. The van der Waals surface area contributed by atoms with E-state index in [4.69, 9.17) is 4.74 Å². The predicted molar refractivity (Wildman–Crippen MR) is 82.7 cm³/mol. The van der Waals surface area contributed by atoms with Crippen molar-refractivity contribution in [2.75, 3.05) is 18.5 Å². The molecular formula is C16H20BrNO2. The molecule has 0 radical (unpaired) electrons. The lowest BCUT2D eigenvalue weighted by Gasteiger charge is -2.28. The summed E-state index contributed by atoms with van der Waals surface area (Å²) in [6, 6.07) is 6.28. The van der Waals surface area contributed by atoms with Crippen molar-refractivity contribution in [3.8, 4) is 5.75 Å². The molecule has 2 aliphatic rings. The second kappa shape index (κ2) is 6.17. The number of carbonyl (C=O) groups is 1. The Balaban J connectivity index is 1.81. The summed E-state index contributed by atoms with van der Waals surface area (Å²) in [5.74, 6) is 1.11. The number of hydrogen-bond donors (Lipinski definition) is 0. The van der Waals surface area contributed by atoms with E-state index in [0.29, 0.717) is 6.04 Å². The molecule has 0 aromatic heterocycles. The molecule has 1 aliphatic carbocycles. The summed E-state index contributed by atoms with van der Waals surface area (Å²) in [5, 5.41) is 0.837. The fourth-order valence-electron chi connectivity index (χ4n) is 3.24. The van der Waals surface area contributed by atoms with E-state index in [0.717, 1.165) is 49.1 Å². The molecule has 1 aromatic rings. The highest BCUT2D eigenvalue weighted by Gasteiger charge is 2.27. The van der Waals surface area contributed by atoms with Gasteiger partial charge in [0.15, 0.2) is 0 Å². The van der Waals surface area contributed by atoms with E-state index in [1.54, 1.807) is 0 Å². The number of hydrogen-bond acceptors (Lipinski definition) is 2. The number of nitrogens with zero attached hydrogens (tertiary/aromatic N) is 1. The molecule has 0 bridgehead atoms. The van der Waals surface area contributed by atoms with Crippen molar-refractivity contribution in [3.63, 3.8) is 0 Å². The summed E-state index contributed by atoms with van der Waals surface area (Å²) in [7, 11) is 0. The normalized spacial score (nSPS) is 17.9. The van der Waals surface area contributed by atoms with Gasteiger partial charge in [-0.05, 0) is 36.6 Å². The molecule has 0 unspecified atom stereocenters. The third-order valence-electron chi connectivity index (χ3n) is 4.29. The largest absolute Gasteiger partial charge is 0.493 e. The molecule has 1 saturated carbocycles. The number of alkyl halides is 1. The van der Waals surface area contributed by atoms with Gasteiger partial charge in [0.05, 0.1) is 6.61 Å². The van der Waals surface area contributed by atoms with Crippen molar-refractivity contribution >= 4 is 21.8 Å². The van der Waals surface area contributed by atoms with Gasteiger partial charge < -0.3 is 9.64 Å². The van der Waals surface area contributed by atoms with Crippen LogP contribution >= 0.6 is 15.9 Å². The highest BCUT2D eigenvalue weighted by Crippen LogP contribution is 2.28. The summed E-state index contributed by atoms with van der Waals surface area (Å²) >= 11 is 3.47. The van der Waals surface area contributed by atoms with Gasteiger partial charge >= 0.3 is 0 Å². The molecule has 3 rings (SSSR count). The smallest absolute Gasteiger partial charge is 0.254 e. The van der Waals surface area contributed by atoms with E-state index < -0.39 is 0 Å². The van der Waals surface area contributed by atoms with Crippen molar-refractivity contribution < 1.29 is 9.53 Å². The Morgan fingerprint density at radius 3 is 2.90 bits per heavy atom. The van der Waals surface area contributed by atoms with Crippen LogP contribution in [0, 0.1) is 0 Å². The topological polar surface area (TPSA) is 29.5 Å². The number of benzene rings is 1. The average molecular weight is 338 g/mol. The van der Waals surface area contributed by atoms with Crippen molar-refractivity contribution in [2.45, 2.75) is 38.1 Å². The fourth-order valence-corrected chi connectivity index (χ4v) is 3.62. The van der Waals surface area contributed by atoms with Gasteiger partial charge in [0.1, 0.15) is 5.75 Å². The van der Waals surface area contributed by atoms with Crippen LogP contribution in [0.15, 0.2) is 18.2 Å². The molecule has 1 heterocycles. The minimum atomic E-state index is 0.172. The van der Waals surface area contributed by atoms with Gasteiger partial charge in [0, 0.05) is 29.9 Å². The van der Waals surface area contributed by atoms with Gasteiger partial charge in [-0.3, -0.25) is 4.79 Å². The van der Waals surface area contributed by atoms with Crippen LogP contribution in [0.1, 0.15) is 41.6 Å². The fraction of sp³-hybridized carbons (Fsp3) is 0.562. The van der Waals surface area contributed by atoms with Gasteiger partial charge in [-0.15, -0.1) is 0 Å². The molecular weight excluding hydrogens is 318 g/mol. The molecule has 0 N–H and O–H groups in total. The van der Waals surface area contributed by atoms with E-state index >= 15 is 0 Å². The first-order valence-corrected chi connectivity index (χ1v) is 8.54. The standard InChI is InChI=1S/C16H20BrNO2/c17-8-9-18(14-3-1-2-4-14)16(19)13-5-6-15-12(11-13)7-10-20-15/h5-6,11,14H,1-4,7-10H2. The lowest BCUT2D eigenvalue weighted by atomic mass is 10.1. The first-order chi connectivity index (χ1) is 9.79. The second-order valence-corrected chi connectivity index (χ2v) is 6.34. The molecule has 1 fully saturated rings. The van der Waals surface area contributed by atoms with Crippen LogP contribution in [0.2, 0.25) is 0 Å². The first kappa shape index (κ1) is 13.9. The second-order valence-electron chi connectivity index (χ2n) is 5.55. The molecule has 1 aliphatic heterocycles. The van der Waals surface area contributed by atoms with E-state index in [1.165, 1.54) is 18.4 Å². The molecule has 3 nitrogen and oxygen atoms in total. The minimum absolute atomic E-state index is 0.172. The number of rotatable bonds is 4. The number of halogens is 1. The minimum Gasteiger partial charge on any atom is -0.493 e. The first-order valence-electron chi connectivity index (χ1n) is 7.42. The number of carbonyl (C=O) groups excluding carboxylic acids is 1. The van der Waals surface area contributed by atoms with Gasteiger partial charge in [0.25, 0.3) is 5.91 Å². The maximum absolute atomic E-state index is 12.8. The van der Waals surface area contributed by atoms with Crippen molar-refractivity contribution in [1.82, 2.24) is 4.90 Å². The Kier molecular flexibility index (Phi) is 4.29. The van der Waals surface area contributed by atoms with Crippen LogP contribution in [-0.4, -0.2) is 35.3 Å². The summed E-state index contributed by atoms with van der Waals surface area (Å²) < 4.78 is 5.51. The third-order valence-corrected chi connectivity index (χ3v) is 4.64. The molecule has 0 spiro atoms. The Morgan fingerprint density at radius 2 is 2.15 bits per heavy atom. The molecule has 0 atom stereocenters. The lowest BCUT2D eigenvalue weighted by molar-refractivity contribution is 0.0696. The van der Waals surface area contributed by atoms with Gasteiger partial charge in [-0.1, -0.05) is 28.8 Å².